The van der Waals surface area contributed by atoms with Crippen molar-refractivity contribution in [3.05, 3.63) is 92.1 Å². The number of aryl methyl sites for hydroxylation is 1. The zero-order valence-corrected chi connectivity index (χ0v) is 20.5. The summed E-state index contributed by atoms with van der Waals surface area (Å²) in [5, 5.41) is 2.73. The summed E-state index contributed by atoms with van der Waals surface area (Å²) in [5.41, 5.74) is 7.02. The standard InChI is InChI=1S/C26H31N5O5/c1-18-8-6-11-20(16-18)24(33)28-13-12-21(32)30(14-7-15-36-2)22-23(27)31(26(35)29-25(22)34)17-19-9-4-3-5-10-19/h3-6,8-11,16H,7,12-15,17,27H2,1-2H3,(H,28,33)(H,29,34,35). The maximum absolute atomic E-state index is 13.2. The molecule has 1 aromatic heterocycles. The van der Waals surface area contributed by atoms with E-state index >= 15 is 0 Å². The van der Waals surface area contributed by atoms with Crippen molar-refractivity contribution < 1.29 is 14.3 Å². The van der Waals surface area contributed by atoms with Gasteiger partial charge in [-0.15, -0.1) is 0 Å². The van der Waals surface area contributed by atoms with Crippen molar-refractivity contribution in [1.29, 1.82) is 0 Å². The van der Waals surface area contributed by atoms with Crippen LogP contribution >= 0.6 is 0 Å². The number of hydrogen-bond donors (Lipinski definition) is 3. The maximum atomic E-state index is 13.2. The van der Waals surface area contributed by atoms with E-state index in [1.54, 1.807) is 18.2 Å². The number of nitrogen functional groups attached to an aromatic ring is 1. The molecule has 0 radical (unpaired) electrons. The molecule has 2 aromatic carbocycles. The zero-order valence-electron chi connectivity index (χ0n) is 20.5. The Morgan fingerprint density at radius 1 is 1.11 bits per heavy atom. The number of carbonyl (C=O) groups excluding carboxylic acids is 2. The average molecular weight is 494 g/mol. The van der Waals surface area contributed by atoms with Crippen LogP contribution in [0, 0.1) is 6.92 Å². The smallest absolute Gasteiger partial charge is 0.330 e. The monoisotopic (exact) mass is 493 g/mol. The van der Waals surface area contributed by atoms with E-state index in [2.05, 4.69) is 10.3 Å². The molecule has 0 fully saturated rings. The van der Waals surface area contributed by atoms with E-state index in [0.29, 0.717) is 18.6 Å². The highest BCUT2D eigenvalue weighted by Gasteiger charge is 2.24. The van der Waals surface area contributed by atoms with E-state index in [0.717, 1.165) is 11.1 Å². The van der Waals surface area contributed by atoms with Gasteiger partial charge >= 0.3 is 5.69 Å². The summed E-state index contributed by atoms with van der Waals surface area (Å²) in [4.78, 5) is 54.5. The van der Waals surface area contributed by atoms with Crippen LogP contribution in [0.2, 0.25) is 0 Å². The van der Waals surface area contributed by atoms with Gasteiger partial charge in [0.15, 0.2) is 5.69 Å². The predicted molar refractivity (Wildman–Crippen MR) is 138 cm³/mol. The minimum Gasteiger partial charge on any atom is -0.385 e. The van der Waals surface area contributed by atoms with Crippen LogP contribution in [0.25, 0.3) is 0 Å². The molecular weight excluding hydrogens is 462 g/mol. The number of nitrogens with two attached hydrogens (primary N) is 1. The van der Waals surface area contributed by atoms with Crippen LogP contribution in [0.15, 0.2) is 64.2 Å². The lowest BCUT2D eigenvalue weighted by Crippen LogP contribution is -2.42. The van der Waals surface area contributed by atoms with E-state index in [-0.39, 0.29) is 43.5 Å². The van der Waals surface area contributed by atoms with Crippen molar-refractivity contribution in [2.24, 2.45) is 0 Å². The van der Waals surface area contributed by atoms with Gasteiger partial charge in [0, 0.05) is 38.8 Å². The SMILES string of the molecule is COCCCN(C(=O)CCNC(=O)c1cccc(C)c1)c1c(N)n(Cc2ccccc2)c(=O)[nH]c1=O. The lowest BCUT2D eigenvalue weighted by atomic mass is 10.1. The molecule has 36 heavy (non-hydrogen) atoms. The first-order chi connectivity index (χ1) is 17.3. The zero-order chi connectivity index (χ0) is 26.1. The molecule has 2 amide bonds. The molecule has 0 saturated heterocycles. The number of hydrogen-bond acceptors (Lipinski definition) is 6. The second-order valence-corrected chi connectivity index (χ2v) is 8.33. The third-order valence-electron chi connectivity index (χ3n) is 5.60. The van der Waals surface area contributed by atoms with Crippen LogP contribution in [0.3, 0.4) is 0 Å². The molecule has 4 N–H and O–H groups in total. The summed E-state index contributed by atoms with van der Waals surface area (Å²) in [7, 11) is 1.54. The number of rotatable bonds is 11. The highest BCUT2D eigenvalue weighted by Crippen LogP contribution is 2.19. The van der Waals surface area contributed by atoms with Crippen LogP contribution in [0.5, 0.6) is 0 Å². The molecule has 0 aliphatic heterocycles. The molecule has 190 valence electrons. The molecule has 0 spiro atoms. The third kappa shape index (κ3) is 6.70. The number of benzene rings is 2. The van der Waals surface area contributed by atoms with Gasteiger partial charge in [0.1, 0.15) is 5.82 Å². The van der Waals surface area contributed by atoms with E-state index in [1.807, 2.05) is 43.3 Å². The van der Waals surface area contributed by atoms with Crippen molar-refractivity contribution in [3.8, 4) is 0 Å². The Hall–Kier alpha value is -4.18. The lowest BCUT2D eigenvalue weighted by molar-refractivity contribution is -0.118. The second kappa shape index (κ2) is 12.5. The van der Waals surface area contributed by atoms with Gasteiger partial charge in [-0.25, -0.2) is 4.79 Å². The first-order valence-corrected chi connectivity index (χ1v) is 11.6. The number of anilines is 2. The van der Waals surface area contributed by atoms with E-state index in [9.17, 15) is 19.2 Å². The summed E-state index contributed by atoms with van der Waals surface area (Å²) < 4.78 is 6.32. The van der Waals surface area contributed by atoms with Gasteiger partial charge < -0.3 is 20.7 Å². The number of nitrogens with one attached hydrogen (secondary N) is 2. The van der Waals surface area contributed by atoms with Gasteiger partial charge in [0.25, 0.3) is 11.5 Å². The summed E-state index contributed by atoms with van der Waals surface area (Å²) in [6.45, 7) is 2.58. The average Bonchev–Trinajstić information content (AvgIpc) is 2.86. The van der Waals surface area contributed by atoms with E-state index < -0.39 is 17.2 Å². The van der Waals surface area contributed by atoms with Crippen molar-refractivity contribution >= 4 is 23.3 Å². The van der Waals surface area contributed by atoms with Crippen molar-refractivity contribution in [2.45, 2.75) is 26.3 Å². The normalized spacial score (nSPS) is 10.7. The van der Waals surface area contributed by atoms with Crippen LogP contribution in [0.1, 0.15) is 34.3 Å². The number of amides is 2. The number of H-pyrrole nitrogens is 1. The van der Waals surface area contributed by atoms with Crippen molar-refractivity contribution in [1.82, 2.24) is 14.9 Å². The van der Waals surface area contributed by atoms with E-state index in [4.69, 9.17) is 10.5 Å². The molecule has 3 rings (SSSR count). The summed E-state index contributed by atoms with van der Waals surface area (Å²) in [6.07, 6.45) is 0.371. The van der Waals surface area contributed by atoms with Crippen LogP contribution in [-0.2, 0) is 16.1 Å². The largest absolute Gasteiger partial charge is 0.385 e. The van der Waals surface area contributed by atoms with Gasteiger partial charge in [-0.1, -0.05) is 48.0 Å². The highest BCUT2D eigenvalue weighted by molar-refractivity contribution is 5.97. The number of ether oxygens (including phenoxy) is 1. The molecule has 0 aliphatic carbocycles. The summed E-state index contributed by atoms with van der Waals surface area (Å²) in [6, 6.07) is 16.3. The summed E-state index contributed by atoms with van der Waals surface area (Å²) in [5.74, 6) is -0.828. The number of aromatic nitrogens is 2. The van der Waals surface area contributed by atoms with Gasteiger partial charge in [0.05, 0.1) is 6.54 Å². The Kier molecular flexibility index (Phi) is 9.18. The van der Waals surface area contributed by atoms with Crippen LogP contribution < -0.4 is 27.2 Å². The summed E-state index contributed by atoms with van der Waals surface area (Å²) >= 11 is 0. The Morgan fingerprint density at radius 3 is 2.56 bits per heavy atom. The Balaban J connectivity index is 1.82. The topological polar surface area (TPSA) is 140 Å². The molecule has 3 aromatic rings. The number of carbonyl (C=O) groups is 2. The third-order valence-corrected chi connectivity index (χ3v) is 5.60. The van der Waals surface area contributed by atoms with Crippen LogP contribution in [0.4, 0.5) is 11.5 Å². The quantitative estimate of drug-likeness (QED) is 0.347. The van der Waals surface area contributed by atoms with Gasteiger partial charge in [-0.3, -0.25) is 23.9 Å². The maximum Gasteiger partial charge on any atom is 0.330 e. The Bertz CT molecular complexity index is 1320. The lowest BCUT2D eigenvalue weighted by Gasteiger charge is -2.24. The highest BCUT2D eigenvalue weighted by atomic mass is 16.5. The predicted octanol–water partition coefficient (Wildman–Crippen LogP) is 1.67. The number of aromatic amines is 1. The van der Waals surface area contributed by atoms with Gasteiger partial charge in [-0.2, -0.15) is 0 Å². The fraction of sp³-hybridized carbons (Fsp3) is 0.308. The first-order valence-electron chi connectivity index (χ1n) is 11.6. The molecule has 10 nitrogen and oxygen atoms in total. The Morgan fingerprint density at radius 2 is 1.86 bits per heavy atom. The molecule has 0 atom stereocenters. The Labute approximate surface area is 208 Å². The van der Waals surface area contributed by atoms with Crippen LogP contribution in [-0.4, -0.2) is 48.2 Å². The van der Waals surface area contributed by atoms with Crippen molar-refractivity contribution in [2.75, 3.05) is 37.4 Å². The minimum atomic E-state index is -0.753. The van der Waals surface area contributed by atoms with E-state index in [1.165, 1.54) is 16.6 Å². The molecular formula is C26H31N5O5. The van der Waals surface area contributed by atoms with Crippen molar-refractivity contribution in [3.63, 3.8) is 0 Å². The molecule has 1 heterocycles. The molecule has 0 unspecified atom stereocenters. The molecule has 0 bridgehead atoms. The minimum absolute atomic E-state index is 0.0633. The fourth-order valence-corrected chi connectivity index (χ4v) is 3.80. The first kappa shape index (κ1) is 26.4. The van der Waals surface area contributed by atoms with Gasteiger partial charge in [0.2, 0.25) is 5.91 Å². The second-order valence-electron chi connectivity index (χ2n) is 8.33. The number of methoxy groups -OCH3 is 1. The molecule has 10 heteroatoms. The van der Waals surface area contributed by atoms with Gasteiger partial charge in [-0.05, 0) is 31.0 Å². The number of nitrogens with zero attached hydrogens (tertiary/aromatic N) is 2. The molecule has 0 saturated carbocycles. The fourth-order valence-electron chi connectivity index (χ4n) is 3.80. The molecule has 0 aliphatic rings.